The molecule has 0 aliphatic heterocycles. The van der Waals surface area contributed by atoms with Gasteiger partial charge < -0.3 is 9.47 Å². The van der Waals surface area contributed by atoms with Gasteiger partial charge in [-0.3, -0.25) is 9.59 Å². The first-order chi connectivity index (χ1) is 8.02. The number of rotatable bonds is 4. The molecule has 0 aromatic heterocycles. The maximum Gasteiger partial charge on any atom is 0.311 e. The Morgan fingerprint density at radius 1 is 1.24 bits per heavy atom. The summed E-state index contributed by atoms with van der Waals surface area (Å²) in [6.45, 7) is 3.02. The minimum absolute atomic E-state index is 0.0417. The summed E-state index contributed by atoms with van der Waals surface area (Å²) < 4.78 is 22.7. The van der Waals surface area contributed by atoms with Crippen molar-refractivity contribution < 1.29 is 23.5 Å². The predicted molar refractivity (Wildman–Crippen MR) is 58.3 cm³/mol. The fourth-order valence-corrected chi connectivity index (χ4v) is 1.18. The molecule has 4 nitrogen and oxygen atoms in total. The van der Waals surface area contributed by atoms with E-state index in [4.69, 9.17) is 9.47 Å². The van der Waals surface area contributed by atoms with Crippen LogP contribution in [-0.4, -0.2) is 11.9 Å². The number of ether oxygens (including phenoxy) is 2. The number of esters is 2. The molecule has 0 heterocycles. The number of carbonyl (C=O) groups is 2. The lowest BCUT2D eigenvalue weighted by Gasteiger charge is -2.09. The van der Waals surface area contributed by atoms with Gasteiger partial charge in [0, 0.05) is 19.4 Å². The van der Waals surface area contributed by atoms with E-state index >= 15 is 0 Å². The molecule has 0 unspecified atom stereocenters. The third-order valence-electron chi connectivity index (χ3n) is 1.84. The third kappa shape index (κ3) is 4.22. The van der Waals surface area contributed by atoms with E-state index in [1.54, 1.807) is 0 Å². The zero-order valence-electron chi connectivity index (χ0n) is 9.66. The normalized spacial score (nSPS) is 9.82. The van der Waals surface area contributed by atoms with E-state index in [-0.39, 0.29) is 17.9 Å². The molecule has 92 valence electrons. The van der Waals surface area contributed by atoms with Crippen LogP contribution in [0.2, 0.25) is 0 Å². The van der Waals surface area contributed by atoms with Crippen molar-refractivity contribution in [1.82, 2.24) is 0 Å². The first-order valence-corrected chi connectivity index (χ1v) is 5.21. The molecule has 0 saturated carbocycles. The first-order valence-electron chi connectivity index (χ1n) is 5.21. The molecule has 0 amide bonds. The van der Waals surface area contributed by atoms with Crippen molar-refractivity contribution in [3.63, 3.8) is 0 Å². The van der Waals surface area contributed by atoms with Gasteiger partial charge in [0.1, 0.15) is 5.82 Å². The van der Waals surface area contributed by atoms with Crippen molar-refractivity contribution in [2.75, 3.05) is 0 Å². The molecule has 17 heavy (non-hydrogen) atoms. The van der Waals surface area contributed by atoms with Gasteiger partial charge in [-0.1, -0.05) is 6.92 Å². The molecule has 0 spiro atoms. The SMILES string of the molecule is CCCC(=O)Oc1ccc(F)cc1OC(C)=O. The highest BCUT2D eigenvalue weighted by atomic mass is 19.1. The van der Waals surface area contributed by atoms with Crippen molar-refractivity contribution in [2.45, 2.75) is 26.7 Å². The lowest BCUT2D eigenvalue weighted by atomic mass is 10.3. The number of hydrogen-bond donors (Lipinski definition) is 0. The van der Waals surface area contributed by atoms with Gasteiger partial charge in [0.05, 0.1) is 0 Å². The topological polar surface area (TPSA) is 52.6 Å². The maximum absolute atomic E-state index is 13.0. The van der Waals surface area contributed by atoms with Gasteiger partial charge in [0.2, 0.25) is 0 Å². The van der Waals surface area contributed by atoms with E-state index in [9.17, 15) is 14.0 Å². The van der Waals surface area contributed by atoms with Crippen LogP contribution in [0, 0.1) is 5.82 Å². The average Bonchev–Trinajstić information content (AvgIpc) is 2.21. The van der Waals surface area contributed by atoms with Crippen molar-refractivity contribution in [3.8, 4) is 11.5 Å². The highest BCUT2D eigenvalue weighted by Gasteiger charge is 2.12. The number of benzene rings is 1. The molecule has 0 aliphatic carbocycles. The maximum atomic E-state index is 13.0. The molecule has 0 saturated heterocycles. The summed E-state index contributed by atoms with van der Waals surface area (Å²) in [5.74, 6) is -1.69. The van der Waals surface area contributed by atoms with E-state index in [1.165, 1.54) is 13.0 Å². The third-order valence-corrected chi connectivity index (χ3v) is 1.84. The fourth-order valence-electron chi connectivity index (χ4n) is 1.18. The van der Waals surface area contributed by atoms with E-state index in [2.05, 4.69) is 0 Å². The Bertz CT molecular complexity index is 429. The summed E-state index contributed by atoms with van der Waals surface area (Å²) >= 11 is 0. The molecule has 0 bridgehead atoms. The summed E-state index contributed by atoms with van der Waals surface area (Å²) in [4.78, 5) is 22.1. The van der Waals surface area contributed by atoms with Gasteiger partial charge >= 0.3 is 11.9 Å². The van der Waals surface area contributed by atoms with Crippen molar-refractivity contribution in [2.24, 2.45) is 0 Å². The van der Waals surface area contributed by atoms with Crippen LogP contribution in [0.3, 0.4) is 0 Å². The monoisotopic (exact) mass is 240 g/mol. The van der Waals surface area contributed by atoms with E-state index in [0.717, 1.165) is 12.1 Å². The summed E-state index contributed by atoms with van der Waals surface area (Å²) in [7, 11) is 0. The Hall–Kier alpha value is -1.91. The molecular weight excluding hydrogens is 227 g/mol. The van der Waals surface area contributed by atoms with Crippen LogP contribution in [0.25, 0.3) is 0 Å². The van der Waals surface area contributed by atoms with Gasteiger partial charge in [-0.2, -0.15) is 0 Å². The Morgan fingerprint density at radius 3 is 2.53 bits per heavy atom. The molecule has 5 heteroatoms. The second-order valence-corrected chi connectivity index (χ2v) is 3.41. The molecule has 1 aromatic rings. The molecule has 1 rings (SSSR count). The molecule has 0 N–H and O–H groups in total. The summed E-state index contributed by atoms with van der Waals surface area (Å²) in [5.41, 5.74) is 0. The van der Waals surface area contributed by atoms with E-state index < -0.39 is 17.8 Å². The van der Waals surface area contributed by atoms with Crippen LogP contribution in [-0.2, 0) is 9.59 Å². The van der Waals surface area contributed by atoms with Gasteiger partial charge in [0.15, 0.2) is 11.5 Å². The van der Waals surface area contributed by atoms with Crippen molar-refractivity contribution in [3.05, 3.63) is 24.0 Å². The quantitative estimate of drug-likeness (QED) is 0.599. The first kappa shape index (κ1) is 13.2. The molecule has 0 atom stereocenters. The van der Waals surface area contributed by atoms with Gasteiger partial charge in [-0.25, -0.2) is 4.39 Å². The minimum atomic E-state index is -0.608. The minimum Gasteiger partial charge on any atom is -0.423 e. The van der Waals surface area contributed by atoms with Crippen LogP contribution in [0.1, 0.15) is 26.7 Å². The van der Waals surface area contributed by atoms with Gasteiger partial charge in [-0.15, -0.1) is 0 Å². The van der Waals surface area contributed by atoms with Crippen LogP contribution >= 0.6 is 0 Å². The summed E-state index contributed by atoms with van der Waals surface area (Å²) in [5, 5.41) is 0. The summed E-state index contributed by atoms with van der Waals surface area (Å²) in [6, 6.07) is 3.37. The number of carbonyl (C=O) groups excluding carboxylic acids is 2. The second-order valence-electron chi connectivity index (χ2n) is 3.41. The van der Waals surface area contributed by atoms with E-state index in [0.29, 0.717) is 6.42 Å². The Labute approximate surface area is 98.3 Å². The molecule has 0 aliphatic rings. The standard InChI is InChI=1S/C12H13FO4/c1-3-4-12(15)17-10-6-5-9(13)7-11(10)16-8(2)14/h5-7H,3-4H2,1-2H3. The number of hydrogen-bond acceptors (Lipinski definition) is 4. The molecule has 0 fully saturated rings. The van der Waals surface area contributed by atoms with Gasteiger partial charge in [0.25, 0.3) is 0 Å². The highest BCUT2D eigenvalue weighted by molar-refractivity contribution is 5.75. The second kappa shape index (κ2) is 5.98. The summed E-state index contributed by atoms with van der Waals surface area (Å²) in [6.07, 6.45) is 0.889. The fraction of sp³-hybridized carbons (Fsp3) is 0.333. The molecular formula is C12H13FO4. The lowest BCUT2D eigenvalue weighted by Crippen LogP contribution is -2.10. The van der Waals surface area contributed by atoms with Crippen LogP contribution < -0.4 is 9.47 Å². The van der Waals surface area contributed by atoms with Crippen LogP contribution in [0.4, 0.5) is 4.39 Å². The largest absolute Gasteiger partial charge is 0.423 e. The Morgan fingerprint density at radius 2 is 1.94 bits per heavy atom. The average molecular weight is 240 g/mol. The van der Waals surface area contributed by atoms with Crippen LogP contribution in [0.15, 0.2) is 18.2 Å². The van der Waals surface area contributed by atoms with E-state index in [1.807, 2.05) is 6.92 Å². The Kier molecular flexibility index (Phi) is 4.63. The van der Waals surface area contributed by atoms with Crippen LogP contribution in [0.5, 0.6) is 11.5 Å². The Balaban J connectivity index is 2.89. The zero-order chi connectivity index (χ0) is 12.8. The molecule has 1 aromatic carbocycles. The smallest absolute Gasteiger partial charge is 0.311 e. The van der Waals surface area contributed by atoms with Crippen molar-refractivity contribution in [1.29, 1.82) is 0 Å². The zero-order valence-corrected chi connectivity index (χ0v) is 9.66. The predicted octanol–water partition coefficient (Wildman–Crippen LogP) is 2.46. The van der Waals surface area contributed by atoms with Gasteiger partial charge in [-0.05, 0) is 18.6 Å². The highest BCUT2D eigenvalue weighted by Crippen LogP contribution is 2.28. The lowest BCUT2D eigenvalue weighted by molar-refractivity contribution is -0.136. The number of halogens is 1. The van der Waals surface area contributed by atoms with Crippen molar-refractivity contribution >= 4 is 11.9 Å². The molecule has 0 radical (unpaired) electrons.